The number of amides is 3. The van der Waals surface area contributed by atoms with Crippen molar-refractivity contribution >= 4 is 17.7 Å². The summed E-state index contributed by atoms with van der Waals surface area (Å²) in [5.41, 5.74) is 3.56. The Bertz CT molecular complexity index is 1250. The monoisotopic (exact) mass is 489 g/mol. The summed E-state index contributed by atoms with van der Waals surface area (Å²) in [4.78, 5) is 40.6. The lowest BCUT2D eigenvalue weighted by Crippen LogP contribution is -2.52. The van der Waals surface area contributed by atoms with Gasteiger partial charge in [-0.05, 0) is 44.6 Å². The van der Waals surface area contributed by atoms with Crippen LogP contribution in [0.5, 0.6) is 5.75 Å². The van der Waals surface area contributed by atoms with Crippen LogP contribution in [0.2, 0.25) is 0 Å². The van der Waals surface area contributed by atoms with Gasteiger partial charge in [-0.3, -0.25) is 29.5 Å². The Morgan fingerprint density at radius 1 is 1.08 bits per heavy atom. The van der Waals surface area contributed by atoms with Crippen LogP contribution in [0.15, 0.2) is 54.7 Å². The number of benzene rings is 2. The number of ether oxygens (including phenoxy) is 1. The minimum absolute atomic E-state index is 0.204. The Balaban J connectivity index is 1.24. The van der Waals surface area contributed by atoms with Crippen LogP contribution in [0.4, 0.5) is 0 Å². The number of H-pyrrole nitrogens is 1. The second-order valence-electron chi connectivity index (χ2n) is 9.75. The molecule has 36 heavy (non-hydrogen) atoms. The maximum atomic E-state index is 13.0. The molecule has 2 aliphatic rings. The highest BCUT2D eigenvalue weighted by Crippen LogP contribution is 2.34. The first-order chi connectivity index (χ1) is 17.4. The number of hydrogen-bond donors (Lipinski definition) is 2. The molecule has 188 valence electrons. The topological polar surface area (TPSA) is 99.7 Å². The van der Waals surface area contributed by atoms with E-state index in [-0.39, 0.29) is 30.8 Å². The number of piperidine rings is 1. The van der Waals surface area contributed by atoms with Gasteiger partial charge in [-0.2, -0.15) is 0 Å². The number of carbonyl (C=O) groups is 3. The van der Waals surface area contributed by atoms with Gasteiger partial charge < -0.3 is 14.5 Å². The molecule has 5 rings (SSSR count). The van der Waals surface area contributed by atoms with Gasteiger partial charge in [-0.25, -0.2) is 0 Å². The zero-order valence-corrected chi connectivity index (χ0v) is 20.6. The predicted octanol–water partition coefficient (Wildman–Crippen LogP) is 2.50. The molecule has 9 heteroatoms. The van der Waals surface area contributed by atoms with E-state index in [4.69, 9.17) is 4.74 Å². The molecule has 1 saturated heterocycles. The van der Waals surface area contributed by atoms with Crippen LogP contribution in [0.3, 0.4) is 0 Å². The summed E-state index contributed by atoms with van der Waals surface area (Å²) in [7, 11) is 4.14. The van der Waals surface area contributed by atoms with E-state index in [0.29, 0.717) is 24.3 Å². The second kappa shape index (κ2) is 10.0. The Morgan fingerprint density at radius 2 is 1.86 bits per heavy atom. The summed E-state index contributed by atoms with van der Waals surface area (Å²) >= 11 is 0. The highest BCUT2D eigenvalue weighted by Gasteiger charge is 2.40. The van der Waals surface area contributed by atoms with Crippen molar-refractivity contribution in [3.05, 3.63) is 77.1 Å². The molecule has 0 saturated carbocycles. The van der Waals surface area contributed by atoms with Crippen molar-refractivity contribution in [3.8, 4) is 5.75 Å². The first-order valence-electron chi connectivity index (χ1n) is 12.2. The molecule has 9 nitrogen and oxygen atoms in total. The van der Waals surface area contributed by atoms with E-state index in [1.807, 2.05) is 12.1 Å². The number of nitrogens with zero attached hydrogens (tertiary/aromatic N) is 3. The molecule has 2 atom stereocenters. The fraction of sp³-hybridized carbons (Fsp3) is 0.370. The second-order valence-corrected chi connectivity index (χ2v) is 9.75. The van der Waals surface area contributed by atoms with Gasteiger partial charge in [0.2, 0.25) is 11.8 Å². The van der Waals surface area contributed by atoms with E-state index in [1.54, 1.807) is 12.1 Å². The Morgan fingerprint density at radius 3 is 2.58 bits per heavy atom. The Hall–Kier alpha value is -3.85. The minimum Gasteiger partial charge on any atom is -0.487 e. The maximum absolute atomic E-state index is 13.0. The summed E-state index contributed by atoms with van der Waals surface area (Å²) in [5, 5.41) is 5.74. The van der Waals surface area contributed by atoms with Crippen molar-refractivity contribution in [1.82, 2.24) is 24.9 Å². The molecule has 1 unspecified atom stereocenters. The number of carbonyl (C=O) groups excluding carboxylic acids is 3. The molecule has 0 radical (unpaired) electrons. The number of rotatable bonds is 9. The quantitative estimate of drug-likeness (QED) is 0.450. The molecule has 2 aromatic carbocycles. The molecule has 0 aliphatic carbocycles. The summed E-state index contributed by atoms with van der Waals surface area (Å²) in [6.45, 7) is 1.54. The van der Waals surface area contributed by atoms with E-state index in [9.17, 15) is 14.4 Å². The van der Waals surface area contributed by atoms with Gasteiger partial charge in [0.15, 0.2) is 0 Å². The lowest BCUT2D eigenvalue weighted by atomic mass is 10.0. The highest BCUT2D eigenvalue weighted by atomic mass is 16.5. The maximum Gasteiger partial charge on any atom is 0.255 e. The summed E-state index contributed by atoms with van der Waals surface area (Å²) in [6.07, 6.45) is 3.56. The molecule has 3 amide bonds. The average molecular weight is 490 g/mol. The van der Waals surface area contributed by atoms with Crippen LogP contribution in [0.25, 0.3) is 0 Å². The molecular weight excluding hydrogens is 458 g/mol. The van der Waals surface area contributed by atoms with E-state index in [0.717, 1.165) is 24.2 Å². The molecule has 1 aromatic heterocycles. The standard InChI is InChI=1S/C27H31N5O4/c1-30(2)15-20(13-18-7-4-3-5-8-18)32-14-19(29-32)17-36-24-10-6-9-21-22(24)16-31(27(21)35)23-11-12-25(33)28-26(23)34/h3-10,14,20,23,29H,11-13,15-17H2,1-2H3,(H,28,33,34)/t20-,23?/m1/s1. The normalized spacial score (nSPS) is 18.5. The largest absolute Gasteiger partial charge is 0.487 e. The van der Waals surface area contributed by atoms with Gasteiger partial charge in [-0.15, -0.1) is 0 Å². The van der Waals surface area contributed by atoms with Crippen molar-refractivity contribution in [2.24, 2.45) is 0 Å². The van der Waals surface area contributed by atoms with Gasteiger partial charge in [0.05, 0.1) is 18.3 Å². The fourth-order valence-corrected chi connectivity index (χ4v) is 5.00. The van der Waals surface area contributed by atoms with Gasteiger partial charge >= 0.3 is 0 Å². The number of nitrogens with one attached hydrogen (secondary N) is 2. The number of imide groups is 1. The predicted molar refractivity (Wildman–Crippen MR) is 133 cm³/mol. The summed E-state index contributed by atoms with van der Waals surface area (Å²) in [5.74, 6) is -0.284. The molecule has 2 N–H and O–H groups in total. The SMILES string of the molecule is CN(C)C[C@@H](Cc1ccccc1)n1cc(COc2cccc3c2CN(C2CCC(=O)NC2=O)C3=O)[nH]1. The molecule has 3 heterocycles. The zero-order valence-electron chi connectivity index (χ0n) is 20.6. The average Bonchev–Trinajstić information content (AvgIpc) is 3.15. The van der Waals surface area contributed by atoms with Crippen molar-refractivity contribution in [2.75, 3.05) is 20.6 Å². The highest BCUT2D eigenvalue weighted by molar-refractivity contribution is 6.05. The minimum atomic E-state index is -0.640. The van der Waals surface area contributed by atoms with Crippen molar-refractivity contribution in [3.63, 3.8) is 0 Å². The zero-order chi connectivity index (χ0) is 25.2. The van der Waals surface area contributed by atoms with E-state index < -0.39 is 11.9 Å². The fourth-order valence-electron chi connectivity index (χ4n) is 5.00. The molecular formula is C27H31N5O4. The van der Waals surface area contributed by atoms with Crippen LogP contribution >= 0.6 is 0 Å². The smallest absolute Gasteiger partial charge is 0.255 e. The van der Waals surface area contributed by atoms with Crippen LogP contribution in [-0.4, -0.2) is 64.0 Å². The first kappa shape index (κ1) is 23.9. The molecule has 0 spiro atoms. The van der Waals surface area contributed by atoms with Crippen molar-refractivity contribution in [1.29, 1.82) is 0 Å². The van der Waals surface area contributed by atoms with Gasteiger partial charge in [0, 0.05) is 30.3 Å². The number of aromatic amines is 1. The van der Waals surface area contributed by atoms with Crippen LogP contribution in [-0.2, 0) is 29.2 Å². The van der Waals surface area contributed by atoms with Gasteiger partial charge in [0.1, 0.15) is 18.4 Å². The van der Waals surface area contributed by atoms with Crippen LogP contribution in [0, 0.1) is 0 Å². The first-order valence-corrected chi connectivity index (χ1v) is 12.2. The number of aromatic nitrogens is 2. The number of likely N-dealkylation sites (N-methyl/N-ethyl adjacent to an activating group) is 1. The lowest BCUT2D eigenvalue weighted by molar-refractivity contribution is -0.136. The van der Waals surface area contributed by atoms with Gasteiger partial charge in [-0.1, -0.05) is 36.4 Å². The number of hydrogen-bond acceptors (Lipinski definition) is 5. The van der Waals surface area contributed by atoms with E-state index in [2.05, 4.69) is 64.6 Å². The Kier molecular flexibility index (Phi) is 6.65. The van der Waals surface area contributed by atoms with Crippen LogP contribution < -0.4 is 10.1 Å². The molecule has 1 fully saturated rings. The molecule has 3 aromatic rings. The van der Waals surface area contributed by atoms with Gasteiger partial charge in [0.25, 0.3) is 5.91 Å². The Labute approximate surface area is 210 Å². The third-order valence-electron chi connectivity index (χ3n) is 6.77. The summed E-state index contributed by atoms with van der Waals surface area (Å²) in [6, 6.07) is 15.5. The number of fused-ring (bicyclic) bond motifs is 1. The molecule has 0 bridgehead atoms. The van der Waals surface area contributed by atoms with Crippen LogP contribution in [0.1, 0.15) is 46.1 Å². The third-order valence-corrected chi connectivity index (χ3v) is 6.77. The molecule has 2 aliphatic heterocycles. The van der Waals surface area contributed by atoms with Crippen molar-refractivity contribution in [2.45, 2.75) is 44.5 Å². The third kappa shape index (κ3) is 4.92. The van der Waals surface area contributed by atoms with Crippen molar-refractivity contribution < 1.29 is 19.1 Å². The van der Waals surface area contributed by atoms with E-state index in [1.165, 1.54) is 10.5 Å². The lowest BCUT2D eigenvalue weighted by Gasteiger charge is -2.29. The summed E-state index contributed by atoms with van der Waals surface area (Å²) < 4.78 is 8.23. The van der Waals surface area contributed by atoms with E-state index >= 15 is 0 Å².